The second-order valence-corrected chi connectivity index (χ2v) is 8.95. The number of hydrogen-bond acceptors (Lipinski definition) is 7. The van der Waals surface area contributed by atoms with Crippen molar-refractivity contribution in [2.75, 3.05) is 17.7 Å². The zero-order valence-electron chi connectivity index (χ0n) is 19.4. The Hall–Kier alpha value is -4.18. The molecule has 3 aromatic carbocycles. The number of thioether (sulfide) groups is 1. The lowest BCUT2D eigenvalue weighted by atomic mass is 10.2. The highest BCUT2D eigenvalue weighted by molar-refractivity contribution is 8.00. The first-order valence-corrected chi connectivity index (χ1v) is 11.7. The normalized spacial score (nSPS) is 11.5. The van der Waals surface area contributed by atoms with Crippen LogP contribution in [0.15, 0.2) is 78.0 Å². The number of nitrogens with one attached hydrogen (secondary N) is 2. The van der Waals surface area contributed by atoms with Crippen LogP contribution in [0.2, 0.25) is 0 Å². The molecular weight excluding hydrogens is 464 g/mol. The summed E-state index contributed by atoms with van der Waals surface area (Å²) in [6, 6.07) is 21.6. The Labute approximate surface area is 206 Å². The summed E-state index contributed by atoms with van der Waals surface area (Å²) in [5.41, 5.74) is 3.49. The predicted molar refractivity (Wildman–Crippen MR) is 135 cm³/mol. The first-order valence-electron chi connectivity index (χ1n) is 10.8. The molecule has 0 saturated carbocycles. The van der Waals surface area contributed by atoms with Gasteiger partial charge in [-0.05, 0) is 72.3 Å². The lowest BCUT2D eigenvalue weighted by molar-refractivity contribution is -0.115. The highest BCUT2D eigenvalue weighted by Crippen LogP contribution is 2.26. The summed E-state index contributed by atoms with van der Waals surface area (Å²) in [6.07, 6.45) is 0. The fourth-order valence-electron chi connectivity index (χ4n) is 3.31. The minimum atomic E-state index is -0.461. The molecule has 10 heteroatoms. The van der Waals surface area contributed by atoms with Crippen LogP contribution in [0.4, 0.5) is 11.4 Å². The number of tetrazole rings is 1. The summed E-state index contributed by atoms with van der Waals surface area (Å²) < 4.78 is 6.89. The number of nitrogens with zero attached hydrogens (tertiary/aromatic N) is 4. The zero-order valence-corrected chi connectivity index (χ0v) is 20.2. The van der Waals surface area contributed by atoms with Crippen molar-refractivity contribution in [1.82, 2.24) is 20.2 Å². The SMILES string of the molecule is COc1ccccc1NC(=O)c1ccc(NC(=O)C(C)Sc2nnnn2-c2ccccc2C)cc1. The molecule has 0 aliphatic carbocycles. The Bertz CT molecular complexity index is 1340. The van der Waals surface area contributed by atoms with Crippen molar-refractivity contribution in [3.05, 3.63) is 83.9 Å². The van der Waals surface area contributed by atoms with Gasteiger partial charge in [0.1, 0.15) is 5.75 Å². The number of ether oxygens (including phenoxy) is 1. The summed E-state index contributed by atoms with van der Waals surface area (Å²) in [5.74, 6) is 0.0876. The van der Waals surface area contributed by atoms with Crippen molar-refractivity contribution in [2.45, 2.75) is 24.3 Å². The molecule has 0 radical (unpaired) electrons. The summed E-state index contributed by atoms with van der Waals surface area (Å²) in [4.78, 5) is 25.4. The minimum Gasteiger partial charge on any atom is -0.495 e. The molecule has 4 aromatic rings. The van der Waals surface area contributed by atoms with Gasteiger partial charge < -0.3 is 15.4 Å². The van der Waals surface area contributed by atoms with E-state index in [0.717, 1.165) is 11.3 Å². The van der Waals surface area contributed by atoms with Crippen molar-refractivity contribution in [1.29, 1.82) is 0 Å². The van der Waals surface area contributed by atoms with Gasteiger partial charge in [-0.3, -0.25) is 9.59 Å². The first kappa shape index (κ1) is 24.0. The van der Waals surface area contributed by atoms with Crippen molar-refractivity contribution in [3.8, 4) is 11.4 Å². The van der Waals surface area contributed by atoms with E-state index in [-0.39, 0.29) is 11.8 Å². The van der Waals surface area contributed by atoms with Crippen LogP contribution in [0, 0.1) is 6.92 Å². The molecule has 9 nitrogen and oxygen atoms in total. The van der Waals surface area contributed by atoms with Gasteiger partial charge in [-0.2, -0.15) is 4.68 Å². The van der Waals surface area contributed by atoms with Gasteiger partial charge in [-0.1, -0.05) is 42.1 Å². The topological polar surface area (TPSA) is 111 Å². The van der Waals surface area contributed by atoms with Crippen LogP contribution in [0.1, 0.15) is 22.8 Å². The predicted octanol–water partition coefficient (Wildman–Crippen LogP) is 4.35. The maximum Gasteiger partial charge on any atom is 0.255 e. The van der Waals surface area contributed by atoms with Crippen LogP contribution >= 0.6 is 11.8 Å². The molecule has 4 rings (SSSR count). The molecule has 0 bridgehead atoms. The van der Waals surface area contributed by atoms with Crippen LogP contribution in [0.25, 0.3) is 5.69 Å². The smallest absolute Gasteiger partial charge is 0.255 e. The van der Waals surface area contributed by atoms with E-state index >= 15 is 0 Å². The number of rotatable bonds is 8. The largest absolute Gasteiger partial charge is 0.495 e. The maximum absolute atomic E-state index is 12.8. The van der Waals surface area contributed by atoms with E-state index in [2.05, 4.69) is 26.2 Å². The lowest BCUT2D eigenvalue weighted by Gasteiger charge is -2.13. The zero-order chi connectivity index (χ0) is 24.8. The van der Waals surface area contributed by atoms with E-state index < -0.39 is 5.25 Å². The fourth-order valence-corrected chi connectivity index (χ4v) is 4.11. The Morgan fingerprint density at radius 1 is 0.971 bits per heavy atom. The number of benzene rings is 3. The molecule has 1 heterocycles. The molecule has 1 unspecified atom stereocenters. The average Bonchev–Trinajstić information content (AvgIpc) is 3.32. The second-order valence-electron chi connectivity index (χ2n) is 7.64. The van der Waals surface area contributed by atoms with E-state index in [1.165, 1.54) is 11.8 Å². The summed E-state index contributed by atoms with van der Waals surface area (Å²) in [5, 5.41) is 17.7. The number of methoxy groups -OCH3 is 1. The van der Waals surface area contributed by atoms with Crippen molar-refractivity contribution >= 4 is 35.0 Å². The van der Waals surface area contributed by atoms with Crippen molar-refractivity contribution in [3.63, 3.8) is 0 Å². The summed E-state index contributed by atoms with van der Waals surface area (Å²) >= 11 is 1.26. The molecule has 0 saturated heterocycles. The molecule has 178 valence electrons. The molecule has 1 atom stereocenters. The third-order valence-corrected chi connectivity index (χ3v) is 6.24. The molecule has 0 fully saturated rings. The second kappa shape index (κ2) is 10.8. The van der Waals surface area contributed by atoms with Gasteiger partial charge in [0.05, 0.1) is 23.7 Å². The monoisotopic (exact) mass is 488 g/mol. The standard InChI is InChI=1S/C25H24N6O3S/c1-16-8-4-6-10-21(16)31-25(28-29-30-31)35-17(2)23(32)26-19-14-12-18(13-15-19)24(33)27-20-9-5-7-11-22(20)34-3/h4-15,17H,1-3H3,(H,26,32)(H,27,33). The first-order chi connectivity index (χ1) is 17.0. The van der Waals surface area contributed by atoms with Crippen molar-refractivity contribution in [2.24, 2.45) is 0 Å². The highest BCUT2D eigenvalue weighted by atomic mass is 32.2. The minimum absolute atomic E-state index is 0.208. The molecule has 2 N–H and O–H groups in total. The van der Waals surface area contributed by atoms with E-state index in [4.69, 9.17) is 4.74 Å². The van der Waals surface area contributed by atoms with Crippen LogP contribution < -0.4 is 15.4 Å². The van der Waals surface area contributed by atoms with Gasteiger partial charge in [0.15, 0.2) is 0 Å². The van der Waals surface area contributed by atoms with Gasteiger partial charge >= 0.3 is 0 Å². The van der Waals surface area contributed by atoms with Crippen LogP contribution in [-0.4, -0.2) is 44.4 Å². The van der Waals surface area contributed by atoms with Gasteiger partial charge in [0.2, 0.25) is 11.1 Å². The fraction of sp³-hybridized carbons (Fsp3) is 0.160. The number of aromatic nitrogens is 4. The summed E-state index contributed by atoms with van der Waals surface area (Å²) in [7, 11) is 1.55. The van der Waals surface area contributed by atoms with Gasteiger partial charge in [-0.15, -0.1) is 5.10 Å². The average molecular weight is 489 g/mol. The third-order valence-electron chi connectivity index (χ3n) is 5.21. The Morgan fingerprint density at radius 3 is 2.43 bits per heavy atom. The van der Waals surface area contributed by atoms with E-state index in [1.807, 2.05) is 43.3 Å². The molecule has 35 heavy (non-hydrogen) atoms. The van der Waals surface area contributed by atoms with Gasteiger partial charge in [0, 0.05) is 11.3 Å². The molecule has 2 amide bonds. The van der Waals surface area contributed by atoms with Gasteiger partial charge in [-0.25, -0.2) is 0 Å². The highest BCUT2D eigenvalue weighted by Gasteiger charge is 2.20. The Morgan fingerprint density at radius 2 is 1.69 bits per heavy atom. The number of aryl methyl sites for hydroxylation is 1. The molecular formula is C25H24N6O3S. The van der Waals surface area contributed by atoms with E-state index in [9.17, 15) is 9.59 Å². The third kappa shape index (κ3) is 5.67. The molecule has 1 aromatic heterocycles. The quantitative estimate of drug-likeness (QED) is 0.355. The maximum atomic E-state index is 12.8. The summed E-state index contributed by atoms with van der Waals surface area (Å²) in [6.45, 7) is 3.76. The molecule has 0 aliphatic rings. The number of anilines is 2. The van der Waals surface area contributed by atoms with Gasteiger partial charge in [0.25, 0.3) is 5.91 Å². The Balaban J connectivity index is 1.38. The van der Waals surface area contributed by atoms with E-state index in [0.29, 0.717) is 27.8 Å². The number of amides is 2. The Kier molecular flexibility index (Phi) is 7.41. The number of carbonyl (C=O) groups is 2. The van der Waals surface area contributed by atoms with Crippen LogP contribution in [0.3, 0.4) is 0 Å². The number of carbonyl (C=O) groups excluding carboxylic acids is 2. The molecule has 0 aliphatic heterocycles. The molecule has 0 spiro atoms. The number of hydrogen-bond donors (Lipinski definition) is 2. The van der Waals surface area contributed by atoms with Crippen LogP contribution in [-0.2, 0) is 4.79 Å². The van der Waals surface area contributed by atoms with Crippen LogP contribution in [0.5, 0.6) is 5.75 Å². The number of para-hydroxylation sites is 3. The van der Waals surface area contributed by atoms with Crippen molar-refractivity contribution < 1.29 is 14.3 Å². The lowest BCUT2D eigenvalue weighted by Crippen LogP contribution is -2.23. The van der Waals surface area contributed by atoms with E-state index in [1.54, 1.807) is 55.1 Å².